The lowest BCUT2D eigenvalue weighted by molar-refractivity contribution is 1.30. The molecule has 0 atom stereocenters. The Bertz CT molecular complexity index is 519. The second-order valence-corrected chi connectivity index (χ2v) is 5.56. The molecule has 0 spiro atoms. The van der Waals surface area contributed by atoms with Gasteiger partial charge in [0.1, 0.15) is 0 Å². The molecule has 2 aromatic rings. The number of nitrogens with one attached hydrogen (secondary N) is 1. The lowest BCUT2D eigenvalue weighted by atomic mass is 10.3. The van der Waals surface area contributed by atoms with Crippen LogP contribution in [-0.4, -0.2) is 4.98 Å². The van der Waals surface area contributed by atoms with Crippen molar-refractivity contribution in [3.8, 4) is 0 Å². The van der Waals surface area contributed by atoms with E-state index in [2.05, 4.69) is 48.8 Å². The quantitative estimate of drug-likeness (QED) is 0.718. The van der Waals surface area contributed by atoms with Gasteiger partial charge in [-0.15, -0.1) is 0 Å². The van der Waals surface area contributed by atoms with Gasteiger partial charge < -0.3 is 5.32 Å². The molecule has 2 nitrogen and oxygen atoms in total. The summed E-state index contributed by atoms with van der Waals surface area (Å²) < 4.78 is 2.01. The molecule has 82 valence electrons. The summed E-state index contributed by atoms with van der Waals surface area (Å²) in [6.07, 6.45) is 3.50. The summed E-state index contributed by atoms with van der Waals surface area (Å²) in [6, 6.07) is 7.65. The number of nitrogens with zero attached hydrogens (tertiary/aromatic N) is 1. The second kappa shape index (κ2) is 5.33. The van der Waals surface area contributed by atoms with Gasteiger partial charge in [0.05, 0.1) is 15.8 Å². The van der Waals surface area contributed by atoms with Crippen LogP contribution in [0.3, 0.4) is 0 Å². The van der Waals surface area contributed by atoms with E-state index in [9.17, 15) is 0 Å². The van der Waals surface area contributed by atoms with Gasteiger partial charge in [0.15, 0.2) is 0 Å². The number of aromatic nitrogens is 1. The van der Waals surface area contributed by atoms with Crippen molar-refractivity contribution in [3.05, 3.63) is 49.7 Å². The minimum atomic E-state index is 0.740. The summed E-state index contributed by atoms with van der Waals surface area (Å²) in [6.45, 7) is 0. The largest absolute Gasteiger partial charge is 0.354 e. The molecule has 0 aliphatic heterocycles. The number of benzene rings is 1. The number of halogens is 3. The lowest BCUT2D eigenvalue weighted by Crippen LogP contribution is -1.94. The van der Waals surface area contributed by atoms with Crippen LogP contribution in [-0.2, 0) is 0 Å². The van der Waals surface area contributed by atoms with Gasteiger partial charge in [0.2, 0.25) is 0 Å². The van der Waals surface area contributed by atoms with E-state index >= 15 is 0 Å². The molecule has 0 saturated carbocycles. The van der Waals surface area contributed by atoms with Gasteiger partial charge >= 0.3 is 0 Å². The Morgan fingerprint density at radius 2 is 2.06 bits per heavy atom. The molecule has 0 bridgehead atoms. The average Bonchev–Trinajstić information content (AvgIpc) is 2.25. The fraction of sp³-hybridized carbons (Fsp3) is 0. The number of anilines is 2. The predicted octanol–water partition coefficient (Wildman–Crippen LogP) is 4.85. The molecule has 0 fully saturated rings. The van der Waals surface area contributed by atoms with Crippen molar-refractivity contribution in [1.82, 2.24) is 4.98 Å². The zero-order chi connectivity index (χ0) is 11.5. The average molecular weight is 409 g/mol. The van der Waals surface area contributed by atoms with Gasteiger partial charge in [-0.05, 0) is 62.8 Å². The minimum absolute atomic E-state index is 0.740. The molecular weight excluding hydrogens is 402 g/mol. The van der Waals surface area contributed by atoms with Crippen LogP contribution in [0, 0.1) is 3.57 Å². The number of pyridine rings is 1. The first-order valence-electron chi connectivity index (χ1n) is 4.48. The summed E-state index contributed by atoms with van der Waals surface area (Å²) in [7, 11) is 0. The predicted molar refractivity (Wildman–Crippen MR) is 79.4 cm³/mol. The zero-order valence-corrected chi connectivity index (χ0v) is 12.5. The van der Waals surface area contributed by atoms with E-state index in [-0.39, 0.29) is 0 Å². The van der Waals surface area contributed by atoms with Crippen LogP contribution in [0.25, 0.3) is 0 Å². The van der Waals surface area contributed by atoms with Crippen molar-refractivity contribution in [2.45, 2.75) is 0 Å². The van der Waals surface area contributed by atoms with Crippen molar-refractivity contribution in [2.75, 3.05) is 5.32 Å². The van der Waals surface area contributed by atoms with E-state index < -0.39 is 0 Å². The third-order valence-electron chi connectivity index (χ3n) is 1.97. The number of rotatable bonds is 2. The molecule has 0 aliphatic rings. The molecule has 2 rings (SSSR count). The van der Waals surface area contributed by atoms with E-state index in [4.69, 9.17) is 11.6 Å². The van der Waals surface area contributed by atoms with Crippen molar-refractivity contribution in [3.63, 3.8) is 0 Å². The fourth-order valence-corrected chi connectivity index (χ4v) is 2.57. The van der Waals surface area contributed by atoms with Gasteiger partial charge in [0, 0.05) is 21.0 Å². The Morgan fingerprint density at radius 3 is 2.75 bits per heavy atom. The number of hydrogen-bond donors (Lipinski definition) is 1. The van der Waals surface area contributed by atoms with Gasteiger partial charge in [-0.25, -0.2) is 0 Å². The molecule has 16 heavy (non-hydrogen) atoms. The second-order valence-electron chi connectivity index (χ2n) is 3.10. The fourth-order valence-electron chi connectivity index (χ4n) is 1.21. The first-order chi connectivity index (χ1) is 7.66. The van der Waals surface area contributed by atoms with E-state index in [1.165, 1.54) is 0 Å². The maximum atomic E-state index is 5.90. The van der Waals surface area contributed by atoms with Gasteiger partial charge in [-0.1, -0.05) is 11.6 Å². The molecule has 1 aromatic heterocycles. The molecule has 0 radical (unpaired) electrons. The molecule has 1 aromatic carbocycles. The Balaban J connectivity index is 2.31. The standard InChI is InChI=1S/C11H7BrClIN2/c12-8-6-15-4-3-10(8)16-11-2-1-7(13)5-9(11)14/h1-6H,(H,15,16). The highest BCUT2D eigenvalue weighted by Crippen LogP contribution is 2.28. The summed E-state index contributed by atoms with van der Waals surface area (Å²) in [5, 5.41) is 4.05. The Kier molecular flexibility index (Phi) is 4.05. The van der Waals surface area contributed by atoms with Crippen molar-refractivity contribution < 1.29 is 0 Å². The maximum Gasteiger partial charge on any atom is 0.0593 e. The highest BCUT2D eigenvalue weighted by Gasteiger charge is 2.03. The first kappa shape index (κ1) is 12.1. The van der Waals surface area contributed by atoms with Crippen LogP contribution in [0.5, 0.6) is 0 Å². The van der Waals surface area contributed by atoms with Crippen LogP contribution >= 0.6 is 50.1 Å². The molecule has 5 heteroatoms. The van der Waals surface area contributed by atoms with Crippen molar-refractivity contribution in [2.24, 2.45) is 0 Å². The smallest absolute Gasteiger partial charge is 0.0593 e. The van der Waals surface area contributed by atoms with Crippen molar-refractivity contribution >= 4 is 61.5 Å². The number of hydrogen-bond acceptors (Lipinski definition) is 2. The summed E-state index contributed by atoms with van der Waals surface area (Å²) in [5.74, 6) is 0. The third-order valence-corrected chi connectivity index (χ3v) is 3.73. The molecule has 0 aliphatic carbocycles. The Hall–Kier alpha value is -0.330. The molecular formula is C11H7BrClIN2. The molecule has 0 amide bonds. The van der Waals surface area contributed by atoms with Crippen molar-refractivity contribution in [1.29, 1.82) is 0 Å². The van der Waals surface area contributed by atoms with Crippen LogP contribution in [0.1, 0.15) is 0 Å². The molecule has 1 heterocycles. The minimum Gasteiger partial charge on any atom is -0.354 e. The van der Waals surface area contributed by atoms with Crippen LogP contribution < -0.4 is 5.32 Å². The summed E-state index contributed by atoms with van der Waals surface area (Å²) in [5.41, 5.74) is 2.01. The lowest BCUT2D eigenvalue weighted by Gasteiger charge is -2.10. The van der Waals surface area contributed by atoms with Gasteiger partial charge in [0.25, 0.3) is 0 Å². The molecule has 1 N–H and O–H groups in total. The summed E-state index contributed by atoms with van der Waals surface area (Å²) >= 11 is 11.6. The monoisotopic (exact) mass is 408 g/mol. The Morgan fingerprint density at radius 1 is 1.25 bits per heavy atom. The van der Waals surface area contributed by atoms with E-state index in [0.717, 1.165) is 24.4 Å². The zero-order valence-electron chi connectivity index (χ0n) is 8.05. The molecule has 0 saturated heterocycles. The maximum absolute atomic E-state index is 5.90. The topological polar surface area (TPSA) is 24.9 Å². The van der Waals surface area contributed by atoms with Gasteiger partial charge in [-0.2, -0.15) is 0 Å². The third kappa shape index (κ3) is 2.87. The highest BCUT2D eigenvalue weighted by atomic mass is 127. The Labute approximate surface area is 121 Å². The summed E-state index contributed by atoms with van der Waals surface area (Å²) in [4.78, 5) is 4.01. The highest BCUT2D eigenvalue weighted by molar-refractivity contribution is 14.1. The molecule has 0 unspecified atom stereocenters. The van der Waals surface area contributed by atoms with Crippen LogP contribution in [0.2, 0.25) is 5.02 Å². The van der Waals surface area contributed by atoms with E-state index in [1.54, 1.807) is 12.4 Å². The SMILES string of the molecule is Clc1ccc(Nc2ccncc2Br)c(I)c1. The van der Waals surface area contributed by atoms with Crippen LogP contribution in [0.4, 0.5) is 11.4 Å². The van der Waals surface area contributed by atoms with Crippen LogP contribution in [0.15, 0.2) is 41.1 Å². The first-order valence-corrected chi connectivity index (χ1v) is 6.73. The van der Waals surface area contributed by atoms with Gasteiger partial charge in [-0.3, -0.25) is 4.98 Å². The van der Waals surface area contributed by atoms with E-state index in [0.29, 0.717) is 0 Å². The normalized spacial score (nSPS) is 10.2. The van der Waals surface area contributed by atoms with E-state index in [1.807, 2.05) is 24.3 Å².